The SMILES string of the molecule is COc1ccc(C(C)(C)C)cc1NC(=O)Nc1ccc(Oc2ccnc(CN3CC[C@H](N(C)C)C3)c2)c2ccccc12. The zero-order valence-corrected chi connectivity index (χ0v) is 25.4. The number of carbonyl (C=O) groups excluding carboxylic acids is 1. The lowest BCUT2D eigenvalue weighted by molar-refractivity contribution is 0.262. The van der Waals surface area contributed by atoms with Crippen LogP contribution in [0.5, 0.6) is 17.2 Å². The van der Waals surface area contributed by atoms with Crippen LogP contribution >= 0.6 is 0 Å². The molecule has 2 amide bonds. The van der Waals surface area contributed by atoms with Crippen LogP contribution < -0.4 is 20.1 Å². The van der Waals surface area contributed by atoms with Crippen molar-refractivity contribution in [1.29, 1.82) is 0 Å². The van der Waals surface area contributed by atoms with Crippen molar-refractivity contribution in [2.75, 3.05) is 44.9 Å². The number of methoxy groups -OCH3 is 1. The average Bonchev–Trinajstić information content (AvgIpc) is 3.43. The van der Waals surface area contributed by atoms with Crippen molar-refractivity contribution in [3.05, 3.63) is 84.2 Å². The van der Waals surface area contributed by atoms with Crippen LogP contribution in [0.15, 0.2) is 72.9 Å². The van der Waals surface area contributed by atoms with Gasteiger partial charge in [-0.2, -0.15) is 0 Å². The van der Waals surface area contributed by atoms with Crippen LogP contribution in [-0.4, -0.2) is 61.2 Å². The molecule has 0 unspecified atom stereocenters. The topological polar surface area (TPSA) is 79.0 Å². The molecular formula is C34H41N5O3. The highest BCUT2D eigenvalue weighted by Crippen LogP contribution is 2.35. The van der Waals surface area contributed by atoms with Gasteiger partial charge >= 0.3 is 6.03 Å². The van der Waals surface area contributed by atoms with Crippen LogP contribution in [0.4, 0.5) is 16.2 Å². The number of nitrogens with one attached hydrogen (secondary N) is 2. The highest BCUT2D eigenvalue weighted by atomic mass is 16.5. The molecule has 2 N–H and O–H groups in total. The number of ether oxygens (including phenoxy) is 2. The Bertz CT molecular complexity index is 1560. The summed E-state index contributed by atoms with van der Waals surface area (Å²) in [5.74, 6) is 2.05. The van der Waals surface area contributed by atoms with Crippen LogP contribution in [0.25, 0.3) is 10.8 Å². The second-order valence-electron chi connectivity index (χ2n) is 12.1. The van der Waals surface area contributed by atoms with E-state index in [9.17, 15) is 4.79 Å². The van der Waals surface area contributed by atoms with Gasteiger partial charge in [-0.3, -0.25) is 9.88 Å². The minimum absolute atomic E-state index is 0.0654. The van der Waals surface area contributed by atoms with Crippen LogP contribution in [0.1, 0.15) is 38.4 Å². The Balaban J connectivity index is 1.32. The predicted octanol–water partition coefficient (Wildman–Crippen LogP) is 7.11. The number of amides is 2. The van der Waals surface area contributed by atoms with Gasteiger partial charge in [-0.25, -0.2) is 4.79 Å². The van der Waals surface area contributed by atoms with Gasteiger partial charge in [0.2, 0.25) is 0 Å². The summed E-state index contributed by atoms with van der Waals surface area (Å²) in [7, 11) is 5.88. The van der Waals surface area contributed by atoms with Crippen molar-refractivity contribution in [3.63, 3.8) is 0 Å². The summed E-state index contributed by atoms with van der Waals surface area (Å²) < 4.78 is 11.9. The maximum absolute atomic E-state index is 13.1. The largest absolute Gasteiger partial charge is 0.495 e. The molecule has 0 bridgehead atoms. The average molecular weight is 568 g/mol. The van der Waals surface area contributed by atoms with Crippen LogP contribution in [-0.2, 0) is 12.0 Å². The second kappa shape index (κ2) is 12.4. The van der Waals surface area contributed by atoms with Gasteiger partial charge in [-0.1, -0.05) is 51.1 Å². The number of hydrogen-bond acceptors (Lipinski definition) is 6. The molecule has 0 spiro atoms. The number of nitrogens with zero attached hydrogens (tertiary/aromatic N) is 3. The first-order chi connectivity index (χ1) is 20.1. The third-order valence-corrected chi connectivity index (χ3v) is 7.83. The molecule has 1 fully saturated rings. The normalized spacial score (nSPS) is 15.6. The van der Waals surface area contributed by atoms with E-state index in [-0.39, 0.29) is 11.4 Å². The van der Waals surface area contributed by atoms with Crippen molar-refractivity contribution in [3.8, 4) is 17.2 Å². The van der Waals surface area contributed by atoms with Crippen LogP contribution in [0, 0.1) is 0 Å². The molecule has 0 radical (unpaired) electrons. The molecule has 5 rings (SSSR count). The van der Waals surface area contributed by atoms with E-state index in [2.05, 4.69) is 60.3 Å². The molecule has 8 heteroatoms. The Morgan fingerprint density at radius 2 is 1.71 bits per heavy atom. The van der Waals surface area contributed by atoms with Crippen molar-refractivity contribution in [1.82, 2.24) is 14.8 Å². The van der Waals surface area contributed by atoms with E-state index < -0.39 is 0 Å². The minimum Gasteiger partial charge on any atom is -0.495 e. The predicted molar refractivity (Wildman–Crippen MR) is 170 cm³/mol. The summed E-state index contributed by atoms with van der Waals surface area (Å²) in [6.07, 6.45) is 2.97. The van der Waals surface area contributed by atoms with Gasteiger partial charge in [0.05, 0.1) is 24.2 Å². The first-order valence-corrected chi connectivity index (χ1v) is 14.4. The van der Waals surface area contributed by atoms with E-state index >= 15 is 0 Å². The Kier molecular flexibility index (Phi) is 8.66. The van der Waals surface area contributed by atoms with Crippen molar-refractivity contribution < 1.29 is 14.3 Å². The van der Waals surface area contributed by atoms with Crippen LogP contribution in [0.2, 0.25) is 0 Å². The number of likely N-dealkylation sites (N-methyl/N-ethyl adjacent to an activating group) is 1. The Morgan fingerprint density at radius 3 is 2.43 bits per heavy atom. The highest BCUT2D eigenvalue weighted by Gasteiger charge is 2.24. The molecule has 220 valence electrons. The van der Waals surface area contributed by atoms with Gasteiger partial charge in [0.15, 0.2) is 0 Å². The third kappa shape index (κ3) is 6.83. The van der Waals surface area contributed by atoms with E-state index in [0.717, 1.165) is 47.4 Å². The summed E-state index contributed by atoms with van der Waals surface area (Å²) in [6.45, 7) is 9.31. The molecule has 0 aliphatic carbocycles. The van der Waals surface area contributed by atoms with E-state index in [1.807, 2.05) is 66.7 Å². The second-order valence-corrected chi connectivity index (χ2v) is 12.1. The van der Waals surface area contributed by atoms with Gasteiger partial charge in [-0.05, 0) is 61.8 Å². The summed E-state index contributed by atoms with van der Waals surface area (Å²) in [6, 6.07) is 21.6. The van der Waals surface area contributed by atoms with Crippen molar-refractivity contribution >= 4 is 28.2 Å². The minimum atomic E-state index is -0.352. The van der Waals surface area contributed by atoms with E-state index in [4.69, 9.17) is 9.47 Å². The molecule has 1 atom stereocenters. The lowest BCUT2D eigenvalue weighted by Gasteiger charge is -2.21. The molecule has 1 aliphatic heterocycles. The molecule has 8 nitrogen and oxygen atoms in total. The van der Waals surface area contributed by atoms with Gasteiger partial charge in [0.1, 0.15) is 17.2 Å². The molecule has 1 aliphatic rings. The Hall–Kier alpha value is -4.14. The Morgan fingerprint density at radius 1 is 0.976 bits per heavy atom. The number of likely N-dealkylation sites (tertiary alicyclic amines) is 1. The first-order valence-electron chi connectivity index (χ1n) is 14.4. The number of fused-ring (bicyclic) bond motifs is 1. The Labute approximate surface area is 248 Å². The maximum Gasteiger partial charge on any atom is 0.323 e. The molecule has 1 aromatic heterocycles. The monoisotopic (exact) mass is 567 g/mol. The van der Waals surface area contributed by atoms with Gasteiger partial charge < -0.3 is 25.0 Å². The van der Waals surface area contributed by atoms with E-state index in [0.29, 0.717) is 28.9 Å². The summed E-state index contributed by atoms with van der Waals surface area (Å²) in [4.78, 5) is 22.5. The third-order valence-electron chi connectivity index (χ3n) is 7.83. The fraction of sp³-hybridized carbons (Fsp3) is 0.353. The first kappa shape index (κ1) is 29.4. The van der Waals surface area contributed by atoms with Crippen molar-refractivity contribution in [2.24, 2.45) is 0 Å². The summed E-state index contributed by atoms with van der Waals surface area (Å²) in [5.41, 5.74) is 3.32. The fourth-order valence-corrected chi connectivity index (χ4v) is 5.36. The molecule has 4 aromatic rings. The molecular weight excluding hydrogens is 526 g/mol. The zero-order chi connectivity index (χ0) is 29.9. The molecule has 3 aromatic carbocycles. The highest BCUT2D eigenvalue weighted by molar-refractivity contribution is 6.08. The van der Waals surface area contributed by atoms with E-state index in [1.165, 1.54) is 6.42 Å². The van der Waals surface area contributed by atoms with Crippen LogP contribution in [0.3, 0.4) is 0 Å². The van der Waals surface area contributed by atoms with Gasteiger partial charge in [-0.15, -0.1) is 0 Å². The number of anilines is 2. The number of carbonyl (C=O) groups is 1. The zero-order valence-electron chi connectivity index (χ0n) is 25.4. The van der Waals surface area contributed by atoms with Gasteiger partial charge in [0.25, 0.3) is 0 Å². The maximum atomic E-state index is 13.1. The number of hydrogen-bond donors (Lipinski definition) is 2. The standard InChI is InChI=1S/C34H41N5O3/c1-34(2,3)23-11-13-32(41-6)30(19-23)37-33(40)36-29-12-14-31(28-10-8-7-9-27(28)29)42-26-15-17-35-24(20-26)21-39-18-16-25(22-39)38(4)5/h7-15,17,19-20,25H,16,18,21-22H2,1-6H3,(H2,36,37,40)/t25-/m0/s1. The number of rotatable bonds is 8. The smallest absolute Gasteiger partial charge is 0.323 e. The number of pyridine rings is 1. The fourth-order valence-electron chi connectivity index (χ4n) is 5.36. The summed E-state index contributed by atoms with van der Waals surface area (Å²) >= 11 is 0. The van der Waals surface area contributed by atoms with Gasteiger partial charge in [0, 0.05) is 48.7 Å². The summed E-state index contributed by atoms with van der Waals surface area (Å²) in [5, 5.41) is 7.76. The molecule has 0 saturated carbocycles. The lowest BCUT2D eigenvalue weighted by atomic mass is 9.87. The number of benzene rings is 3. The quantitative estimate of drug-likeness (QED) is 0.236. The number of aromatic nitrogens is 1. The molecule has 42 heavy (non-hydrogen) atoms. The molecule has 2 heterocycles. The number of urea groups is 1. The van der Waals surface area contributed by atoms with E-state index in [1.54, 1.807) is 13.3 Å². The lowest BCUT2D eigenvalue weighted by Crippen LogP contribution is -2.31. The molecule has 1 saturated heterocycles. The van der Waals surface area contributed by atoms with Crippen molar-refractivity contribution in [2.45, 2.75) is 45.2 Å².